The van der Waals surface area contributed by atoms with Gasteiger partial charge in [-0.25, -0.2) is 0 Å². The van der Waals surface area contributed by atoms with Crippen LogP contribution in [0, 0.1) is 0 Å². The molecule has 1 aliphatic rings. The zero-order valence-corrected chi connectivity index (χ0v) is 15.3. The van der Waals surface area contributed by atoms with Crippen molar-refractivity contribution < 1.29 is 30.6 Å². The smallest absolute Gasteiger partial charge is 0.378 e. The van der Waals surface area contributed by atoms with Crippen LogP contribution in [0.4, 0.5) is 18.9 Å². The summed E-state index contributed by atoms with van der Waals surface area (Å²) in [6.45, 7) is 3.24. The van der Waals surface area contributed by atoms with E-state index >= 15 is 0 Å². The van der Waals surface area contributed by atoms with Crippen LogP contribution in [0.1, 0.15) is 25.0 Å². The summed E-state index contributed by atoms with van der Waals surface area (Å²) < 4.78 is 69.0. The van der Waals surface area contributed by atoms with Crippen molar-refractivity contribution in [2.45, 2.75) is 37.4 Å². The Morgan fingerprint density at radius 2 is 1.85 bits per heavy atom. The Kier molecular flexibility index (Phi) is 4.67. The number of amides is 1. The van der Waals surface area contributed by atoms with Gasteiger partial charge in [0.05, 0.1) is 5.56 Å². The minimum Gasteiger partial charge on any atom is -0.378 e. The molecule has 1 aliphatic heterocycles. The number of nitrogens with zero attached hydrogens (tertiary/aromatic N) is 1. The quantitative estimate of drug-likeness (QED) is 0.737. The monoisotopic (exact) mass is 399 g/mol. The van der Waals surface area contributed by atoms with Gasteiger partial charge in [0.25, 0.3) is 0 Å². The highest BCUT2D eigenvalue weighted by Gasteiger charge is 2.36. The van der Waals surface area contributed by atoms with Crippen molar-refractivity contribution in [2.75, 3.05) is 4.90 Å². The molecule has 0 spiro atoms. The third-order valence-electron chi connectivity index (χ3n) is 4.29. The molecule has 2 aromatic carbocycles. The minimum atomic E-state index is -4.75. The molecule has 27 heavy (non-hydrogen) atoms. The molecule has 0 aliphatic carbocycles. The van der Waals surface area contributed by atoms with E-state index in [0.717, 1.165) is 18.2 Å². The topological polar surface area (TPSA) is 63.7 Å². The van der Waals surface area contributed by atoms with Gasteiger partial charge in [-0.15, -0.1) is 0 Å². The van der Waals surface area contributed by atoms with E-state index in [-0.39, 0.29) is 16.8 Å². The first-order chi connectivity index (χ1) is 12.5. The number of carbonyl (C=O) groups excluding carboxylic acids is 1. The lowest BCUT2D eigenvalue weighted by Gasteiger charge is -2.20. The predicted molar refractivity (Wildman–Crippen MR) is 92.0 cm³/mol. The van der Waals surface area contributed by atoms with Gasteiger partial charge in [-0.05, 0) is 49.2 Å². The van der Waals surface area contributed by atoms with Gasteiger partial charge in [0.15, 0.2) is 5.75 Å². The lowest BCUT2D eigenvalue weighted by molar-refractivity contribution is -0.138. The van der Waals surface area contributed by atoms with Crippen LogP contribution in [0.2, 0.25) is 0 Å². The van der Waals surface area contributed by atoms with Gasteiger partial charge in [0.1, 0.15) is 4.90 Å². The third-order valence-corrected chi connectivity index (χ3v) is 5.52. The molecule has 1 atom stereocenters. The molecule has 0 saturated carbocycles. The number of para-hydroxylation sites is 1. The van der Waals surface area contributed by atoms with Gasteiger partial charge >= 0.3 is 16.3 Å². The molecule has 144 valence electrons. The van der Waals surface area contributed by atoms with E-state index in [9.17, 15) is 26.4 Å². The Hall–Kier alpha value is -2.55. The lowest BCUT2D eigenvalue weighted by atomic mass is 10.1. The van der Waals surface area contributed by atoms with Gasteiger partial charge in [0.2, 0.25) is 5.91 Å². The maximum Gasteiger partial charge on any atom is 0.420 e. The van der Waals surface area contributed by atoms with Crippen LogP contribution >= 0.6 is 0 Å². The van der Waals surface area contributed by atoms with E-state index in [1.54, 1.807) is 4.90 Å². The second-order valence-corrected chi connectivity index (χ2v) is 7.81. The summed E-state index contributed by atoms with van der Waals surface area (Å²) >= 11 is 0. The molecular formula is C18H16F3NO4S. The maximum absolute atomic E-state index is 13.1. The van der Waals surface area contributed by atoms with Crippen LogP contribution in [0.15, 0.2) is 47.4 Å². The fraction of sp³-hybridized carbons (Fsp3) is 0.278. The Morgan fingerprint density at radius 3 is 2.48 bits per heavy atom. The molecule has 0 bridgehead atoms. The zero-order valence-electron chi connectivity index (χ0n) is 14.4. The second-order valence-electron chi connectivity index (χ2n) is 6.26. The number of fused-ring (bicyclic) bond motifs is 1. The summed E-state index contributed by atoms with van der Waals surface area (Å²) in [5.41, 5.74) is 0.0298. The van der Waals surface area contributed by atoms with Crippen LogP contribution in [0.25, 0.3) is 0 Å². The molecule has 9 heteroatoms. The largest absolute Gasteiger partial charge is 0.420 e. The van der Waals surface area contributed by atoms with Crippen molar-refractivity contribution in [1.29, 1.82) is 0 Å². The van der Waals surface area contributed by atoms with Gasteiger partial charge < -0.3 is 9.08 Å². The van der Waals surface area contributed by atoms with E-state index in [4.69, 9.17) is 4.18 Å². The van der Waals surface area contributed by atoms with Crippen LogP contribution in [-0.4, -0.2) is 20.4 Å². The molecule has 0 unspecified atom stereocenters. The molecule has 0 radical (unpaired) electrons. The third kappa shape index (κ3) is 3.64. The molecule has 1 amide bonds. The van der Waals surface area contributed by atoms with Crippen LogP contribution in [0.3, 0.4) is 0 Å². The first kappa shape index (κ1) is 19.2. The highest BCUT2D eigenvalue weighted by molar-refractivity contribution is 7.87. The van der Waals surface area contributed by atoms with Crippen LogP contribution in [-0.2, 0) is 27.5 Å². The van der Waals surface area contributed by atoms with Crippen molar-refractivity contribution in [3.8, 4) is 5.75 Å². The molecule has 3 rings (SSSR count). The molecule has 0 aromatic heterocycles. The number of rotatable bonds is 3. The molecule has 0 saturated heterocycles. The number of hydrogen-bond donors (Lipinski definition) is 0. The van der Waals surface area contributed by atoms with Crippen molar-refractivity contribution in [1.82, 2.24) is 0 Å². The van der Waals surface area contributed by atoms with E-state index in [1.165, 1.54) is 31.2 Å². The number of anilines is 1. The van der Waals surface area contributed by atoms with Crippen molar-refractivity contribution >= 4 is 21.7 Å². The molecule has 1 heterocycles. The number of halogens is 3. The summed E-state index contributed by atoms with van der Waals surface area (Å²) in [7, 11) is -4.48. The van der Waals surface area contributed by atoms with E-state index in [2.05, 4.69) is 0 Å². The van der Waals surface area contributed by atoms with E-state index < -0.39 is 27.6 Å². The number of carbonyl (C=O) groups is 1. The zero-order chi connectivity index (χ0) is 20.0. The van der Waals surface area contributed by atoms with Gasteiger partial charge in [-0.3, -0.25) is 4.79 Å². The Labute approximate surface area is 154 Å². The SMILES string of the molecule is CC(=O)N1c2ccc(S(=O)(=O)Oc3ccccc3C(F)(F)F)cc2C[C@H]1C. The number of hydrogen-bond acceptors (Lipinski definition) is 4. The van der Waals surface area contributed by atoms with E-state index in [1.807, 2.05) is 6.92 Å². The molecule has 0 N–H and O–H groups in total. The summed E-state index contributed by atoms with van der Waals surface area (Å²) in [6.07, 6.45) is -4.31. The minimum absolute atomic E-state index is 0.137. The van der Waals surface area contributed by atoms with Gasteiger partial charge in [-0.1, -0.05) is 12.1 Å². The van der Waals surface area contributed by atoms with Crippen molar-refractivity contribution in [3.05, 3.63) is 53.6 Å². The number of alkyl halides is 3. The Morgan fingerprint density at radius 1 is 1.19 bits per heavy atom. The lowest BCUT2D eigenvalue weighted by Crippen LogP contribution is -2.33. The van der Waals surface area contributed by atoms with Crippen molar-refractivity contribution in [3.63, 3.8) is 0 Å². The first-order valence-electron chi connectivity index (χ1n) is 8.04. The summed E-state index contributed by atoms with van der Waals surface area (Å²) in [4.78, 5) is 13.0. The van der Waals surface area contributed by atoms with Crippen LogP contribution < -0.4 is 9.08 Å². The number of benzene rings is 2. The van der Waals surface area contributed by atoms with Crippen LogP contribution in [0.5, 0.6) is 5.75 Å². The average molecular weight is 399 g/mol. The molecule has 5 nitrogen and oxygen atoms in total. The van der Waals surface area contributed by atoms with Crippen molar-refractivity contribution in [2.24, 2.45) is 0 Å². The van der Waals surface area contributed by atoms with Gasteiger partial charge in [0, 0.05) is 18.7 Å². The highest BCUT2D eigenvalue weighted by atomic mass is 32.2. The summed E-state index contributed by atoms with van der Waals surface area (Å²) in [5.74, 6) is -0.962. The normalized spacial score (nSPS) is 16.9. The summed E-state index contributed by atoms with van der Waals surface area (Å²) in [6, 6.07) is 7.99. The fourth-order valence-electron chi connectivity index (χ4n) is 3.18. The maximum atomic E-state index is 13.1. The predicted octanol–water partition coefficient (Wildman–Crippen LogP) is 3.77. The Bertz CT molecular complexity index is 1000. The molecule has 0 fully saturated rings. The standard InChI is InChI=1S/C18H16F3NO4S/c1-11-9-13-10-14(7-8-16(13)22(11)12(2)23)27(24,25)26-17-6-4-3-5-15(17)18(19,20)21/h3-8,10-11H,9H2,1-2H3/t11-/m1/s1. The van der Waals surface area contributed by atoms with Gasteiger partial charge in [-0.2, -0.15) is 21.6 Å². The molecule has 2 aromatic rings. The highest BCUT2D eigenvalue weighted by Crippen LogP contribution is 2.38. The first-order valence-corrected chi connectivity index (χ1v) is 9.45. The second kappa shape index (κ2) is 6.56. The van der Waals surface area contributed by atoms with E-state index in [0.29, 0.717) is 17.7 Å². The summed E-state index contributed by atoms with van der Waals surface area (Å²) in [5, 5.41) is 0. The average Bonchev–Trinajstić information content (AvgIpc) is 2.88. The fourth-order valence-corrected chi connectivity index (χ4v) is 4.18. The Balaban J connectivity index is 1.97. The molecular weight excluding hydrogens is 383 g/mol.